The van der Waals surface area contributed by atoms with Crippen molar-refractivity contribution >= 4 is 0 Å². The number of nitrogens with zero attached hydrogens (tertiary/aromatic N) is 2. The standard InChI is InChI=1S/C13H17N3O2/c1-18-13-10(3-2-8-14)9-15-16(13)11-4-6-12(17)7-5-11/h4-7,9,17H,2-3,8,14H2,1H3. The van der Waals surface area contributed by atoms with Crippen molar-refractivity contribution in [1.82, 2.24) is 9.78 Å². The lowest BCUT2D eigenvalue weighted by molar-refractivity contribution is 0.379. The molecule has 0 atom stereocenters. The maximum atomic E-state index is 9.28. The number of nitrogens with two attached hydrogens (primary N) is 1. The minimum atomic E-state index is 0.230. The third kappa shape index (κ3) is 2.46. The molecule has 0 aliphatic rings. The fourth-order valence-electron chi connectivity index (χ4n) is 1.83. The van der Waals surface area contributed by atoms with Crippen molar-refractivity contribution in [3.05, 3.63) is 36.0 Å². The first-order valence-electron chi connectivity index (χ1n) is 5.86. The predicted molar refractivity (Wildman–Crippen MR) is 69.2 cm³/mol. The van der Waals surface area contributed by atoms with Gasteiger partial charge in [0.05, 0.1) is 19.0 Å². The molecule has 0 spiro atoms. The Labute approximate surface area is 106 Å². The molecule has 0 aliphatic carbocycles. The number of phenols is 1. The largest absolute Gasteiger partial charge is 0.508 e. The number of hydrogen-bond acceptors (Lipinski definition) is 4. The smallest absolute Gasteiger partial charge is 0.219 e. The van der Waals surface area contributed by atoms with Crippen LogP contribution in [0, 0.1) is 0 Å². The van der Waals surface area contributed by atoms with Gasteiger partial charge in [0.1, 0.15) is 5.75 Å². The summed E-state index contributed by atoms with van der Waals surface area (Å²) in [5.41, 5.74) is 7.40. The summed E-state index contributed by atoms with van der Waals surface area (Å²) in [6.45, 7) is 0.646. The molecule has 5 nitrogen and oxygen atoms in total. The Hall–Kier alpha value is -2.01. The number of benzene rings is 1. The molecule has 0 radical (unpaired) electrons. The Balaban J connectivity index is 2.33. The van der Waals surface area contributed by atoms with Crippen molar-refractivity contribution in [2.75, 3.05) is 13.7 Å². The van der Waals surface area contributed by atoms with Gasteiger partial charge in [0, 0.05) is 5.56 Å². The monoisotopic (exact) mass is 247 g/mol. The molecule has 0 aliphatic heterocycles. The normalized spacial score (nSPS) is 10.6. The summed E-state index contributed by atoms with van der Waals surface area (Å²) in [6.07, 6.45) is 3.54. The lowest BCUT2D eigenvalue weighted by Gasteiger charge is -2.08. The zero-order valence-electron chi connectivity index (χ0n) is 10.3. The molecule has 0 saturated heterocycles. The second-order valence-corrected chi connectivity index (χ2v) is 4.00. The number of rotatable bonds is 5. The van der Waals surface area contributed by atoms with E-state index in [1.54, 1.807) is 42.3 Å². The summed E-state index contributed by atoms with van der Waals surface area (Å²) < 4.78 is 7.11. The van der Waals surface area contributed by atoms with Gasteiger partial charge < -0.3 is 15.6 Å². The van der Waals surface area contributed by atoms with Crippen LogP contribution in [-0.2, 0) is 6.42 Å². The number of aromatic nitrogens is 2. The van der Waals surface area contributed by atoms with E-state index in [-0.39, 0.29) is 5.75 Å². The van der Waals surface area contributed by atoms with Crippen LogP contribution >= 0.6 is 0 Å². The van der Waals surface area contributed by atoms with Crippen LogP contribution in [0.2, 0.25) is 0 Å². The van der Waals surface area contributed by atoms with Crippen LogP contribution in [0.15, 0.2) is 30.5 Å². The summed E-state index contributed by atoms with van der Waals surface area (Å²) >= 11 is 0. The molecule has 5 heteroatoms. The van der Waals surface area contributed by atoms with Gasteiger partial charge in [-0.1, -0.05) is 0 Å². The van der Waals surface area contributed by atoms with Crippen molar-refractivity contribution in [3.63, 3.8) is 0 Å². The Kier molecular flexibility index (Phi) is 3.84. The highest BCUT2D eigenvalue weighted by molar-refractivity contribution is 5.41. The van der Waals surface area contributed by atoms with E-state index >= 15 is 0 Å². The zero-order chi connectivity index (χ0) is 13.0. The number of ether oxygens (including phenoxy) is 1. The van der Waals surface area contributed by atoms with Crippen LogP contribution in [0.5, 0.6) is 11.6 Å². The van der Waals surface area contributed by atoms with Crippen LogP contribution in [0.4, 0.5) is 0 Å². The molecule has 0 amide bonds. The third-order valence-electron chi connectivity index (χ3n) is 2.73. The molecule has 2 aromatic rings. The van der Waals surface area contributed by atoms with E-state index in [0.717, 1.165) is 24.1 Å². The molecular weight excluding hydrogens is 230 g/mol. The Morgan fingerprint density at radius 3 is 2.67 bits per heavy atom. The third-order valence-corrected chi connectivity index (χ3v) is 2.73. The van der Waals surface area contributed by atoms with Gasteiger partial charge in [-0.25, -0.2) is 4.68 Å². The topological polar surface area (TPSA) is 73.3 Å². The Morgan fingerprint density at radius 2 is 2.06 bits per heavy atom. The fourth-order valence-corrected chi connectivity index (χ4v) is 1.83. The van der Waals surface area contributed by atoms with Gasteiger partial charge in [0.15, 0.2) is 0 Å². The predicted octanol–water partition coefficient (Wildman–Crippen LogP) is 1.48. The van der Waals surface area contributed by atoms with Crippen molar-refractivity contribution in [2.45, 2.75) is 12.8 Å². The van der Waals surface area contributed by atoms with E-state index < -0.39 is 0 Å². The van der Waals surface area contributed by atoms with Crippen molar-refractivity contribution in [2.24, 2.45) is 5.73 Å². The van der Waals surface area contributed by atoms with E-state index in [1.807, 2.05) is 0 Å². The van der Waals surface area contributed by atoms with Gasteiger partial charge in [-0.05, 0) is 43.7 Å². The molecule has 1 aromatic heterocycles. The average molecular weight is 247 g/mol. The molecule has 18 heavy (non-hydrogen) atoms. The summed E-state index contributed by atoms with van der Waals surface area (Å²) in [6, 6.07) is 6.82. The van der Waals surface area contributed by atoms with Gasteiger partial charge in [0.25, 0.3) is 0 Å². The summed E-state index contributed by atoms with van der Waals surface area (Å²) in [4.78, 5) is 0. The number of phenolic OH excluding ortho intramolecular Hbond substituents is 1. The molecule has 0 unspecified atom stereocenters. The van der Waals surface area contributed by atoms with Crippen LogP contribution in [0.25, 0.3) is 5.69 Å². The van der Waals surface area contributed by atoms with E-state index in [2.05, 4.69) is 5.10 Å². The summed E-state index contributed by atoms with van der Waals surface area (Å²) in [5, 5.41) is 13.6. The molecule has 1 heterocycles. The molecule has 0 fully saturated rings. The number of hydrogen-bond donors (Lipinski definition) is 2. The zero-order valence-corrected chi connectivity index (χ0v) is 10.3. The van der Waals surface area contributed by atoms with E-state index in [4.69, 9.17) is 10.5 Å². The highest BCUT2D eigenvalue weighted by Crippen LogP contribution is 2.24. The molecule has 96 valence electrons. The number of methoxy groups -OCH3 is 1. The average Bonchev–Trinajstić information content (AvgIpc) is 2.80. The van der Waals surface area contributed by atoms with E-state index in [9.17, 15) is 5.11 Å². The number of aromatic hydroxyl groups is 1. The minimum absolute atomic E-state index is 0.230. The SMILES string of the molecule is COc1c(CCCN)cnn1-c1ccc(O)cc1. The lowest BCUT2D eigenvalue weighted by atomic mass is 10.2. The van der Waals surface area contributed by atoms with Crippen molar-refractivity contribution in [3.8, 4) is 17.3 Å². The lowest BCUT2D eigenvalue weighted by Crippen LogP contribution is -2.03. The molecule has 0 bridgehead atoms. The van der Waals surface area contributed by atoms with Gasteiger partial charge in [0.2, 0.25) is 5.88 Å². The first kappa shape index (κ1) is 12.4. The van der Waals surface area contributed by atoms with Crippen molar-refractivity contribution in [1.29, 1.82) is 0 Å². The minimum Gasteiger partial charge on any atom is -0.508 e. The van der Waals surface area contributed by atoms with Crippen molar-refractivity contribution < 1.29 is 9.84 Å². The molecule has 0 saturated carbocycles. The van der Waals surface area contributed by atoms with Gasteiger partial charge >= 0.3 is 0 Å². The quantitative estimate of drug-likeness (QED) is 0.839. The highest BCUT2D eigenvalue weighted by atomic mass is 16.5. The van der Waals surface area contributed by atoms with E-state index in [1.165, 1.54) is 0 Å². The van der Waals surface area contributed by atoms with Gasteiger partial charge in [-0.15, -0.1) is 0 Å². The first-order valence-corrected chi connectivity index (χ1v) is 5.86. The maximum absolute atomic E-state index is 9.28. The number of aryl methyl sites for hydroxylation is 1. The Morgan fingerprint density at radius 1 is 1.33 bits per heavy atom. The summed E-state index contributed by atoms with van der Waals surface area (Å²) in [7, 11) is 1.62. The second-order valence-electron chi connectivity index (χ2n) is 4.00. The van der Waals surface area contributed by atoms with E-state index in [0.29, 0.717) is 12.4 Å². The Bertz CT molecular complexity index is 505. The highest BCUT2D eigenvalue weighted by Gasteiger charge is 2.12. The summed E-state index contributed by atoms with van der Waals surface area (Å²) in [5.74, 6) is 0.947. The first-order chi connectivity index (χ1) is 8.76. The van der Waals surface area contributed by atoms with Crippen LogP contribution in [0.3, 0.4) is 0 Å². The second kappa shape index (κ2) is 5.55. The molecule has 1 aromatic carbocycles. The van der Waals surface area contributed by atoms with Gasteiger partial charge in [-0.3, -0.25) is 0 Å². The molecule has 3 N–H and O–H groups in total. The van der Waals surface area contributed by atoms with Crippen LogP contribution < -0.4 is 10.5 Å². The van der Waals surface area contributed by atoms with Crippen LogP contribution in [-0.4, -0.2) is 28.5 Å². The fraction of sp³-hybridized carbons (Fsp3) is 0.308. The molecule has 2 rings (SSSR count). The molecular formula is C13H17N3O2. The maximum Gasteiger partial charge on any atom is 0.219 e. The van der Waals surface area contributed by atoms with Crippen LogP contribution in [0.1, 0.15) is 12.0 Å². The van der Waals surface area contributed by atoms with Gasteiger partial charge in [-0.2, -0.15) is 5.10 Å².